The van der Waals surface area contributed by atoms with Crippen molar-refractivity contribution in [2.24, 2.45) is 5.73 Å². The van der Waals surface area contributed by atoms with E-state index in [0.717, 1.165) is 39.8 Å². The van der Waals surface area contributed by atoms with Gasteiger partial charge in [-0.15, -0.1) is 35.3 Å². The molecule has 5 N–H and O–H groups in total. The van der Waals surface area contributed by atoms with Crippen LogP contribution < -0.4 is 15.6 Å². The standard InChI is InChI=1S/C27H26ClF3N4O6S3/c28-17-4-3-15(27(29,30)31)10-19(17)43-13-20(36)33-21-23(37)35-22(26(40)41)14(12-44-24(21)35)11-42-16-5-8-34(9-6-16)7-1-2-18(32)25(38)39/h3-6,8-10,18,21,24H,1-2,7,11-13,32H2,(H2-,33,36,38,39,40,41)/p+1/t18-,21-,24+/m0/s1. The van der Waals surface area contributed by atoms with Crippen LogP contribution in [0.5, 0.6) is 0 Å². The molecule has 1 aromatic heterocycles. The van der Waals surface area contributed by atoms with Crippen LogP contribution in [-0.2, 0) is 31.9 Å². The third-order valence-corrected chi connectivity index (χ3v) is 10.6. The molecule has 0 aliphatic carbocycles. The summed E-state index contributed by atoms with van der Waals surface area (Å²) in [6, 6.07) is 4.63. The second-order valence-corrected chi connectivity index (χ2v) is 13.4. The molecule has 2 aliphatic rings. The number of benzene rings is 1. The summed E-state index contributed by atoms with van der Waals surface area (Å²) in [7, 11) is 0. The Kier molecular flexibility index (Phi) is 11.2. The molecule has 1 fully saturated rings. The molecular weight excluding hydrogens is 665 g/mol. The van der Waals surface area contributed by atoms with Crippen LogP contribution in [0.3, 0.4) is 0 Å². The van der Waals surface area contributed by atoms with Gasteiger partial charge in [-0.2, -0.15) is 13.2 Å². The summed E-state index contributed by atoms with van der Waals surface area (Å²) in [5.74, 6) is -3.14. The monoisotopic (exact) mass is 691 g/mol. The Bertz CT molecular complexity index is 1480. The van der Waals surface area contributed by atoms with Gasteiger partial charge in [0.25, 0.3) is 5.91 Å². The van der Waals surface area contributed by atoms with E-state index in [0.29, 0.717) is 36.5 Å². The topological polar surface area (TPSA) is 154 Å². The maximum absolute atomic E-state index is 13.0. The highest BCUT2D eigenvalue weighted by Gasteiger charge is 2.54. The first-order valence-corrected chi connectivity index (χ1v) is 16.4. The van der Waals surface area contributed by atoms with Gasteiger partial charge >= 0.3 is 18.1 Å². The lowest BCUT2D eigenvalue weighted by molar-refractivity contribution is -0.697. The van der Waals surface area contributed by atoms with Gasteiger partial charge in [0.1, 0.15) is 29.7 Å². The van der Waals surface area contributed by atoms with Gasteiger partial charge in [0.15, 0.2) is 12.4 Å². The van der Waals surface area contributed by atoms with E-state index in [4.69, 9.17) is 22.4 Å². The number of aromatic nitrogens is 1. The van der Waals surface area contributed by atoms with Crippen LogP contribution in [-0.4, -0.2) is 73.6 Å². The van der Waals surface area contributed by atoms with Crippen LogP contribution in [0, 0.1) is 0 Å². The number of carbonyl (C=O) groups excluding carboxylic acids is 2. The van der Waals surface area contributed by atoms with Crippen molar-refractivity contribution >= 4 is 70.6 Å². The molecule has 0 radical (unpaired) electrons. The highest BCUT2D eigenvalue weighted by atomic mass is 35.5. The zero-order valence-electron chi connectivity index (χ0n) is 22.8. The first-order valence-electron chi connectivity index (χ1n) is 13.1. The second kappa shape index (κ2) is 14.5. The number of pyridine rings is 1. The van der Waals surface area contributed by atoms with Crippen LogP contribution in [0.1, 0.15) is 18.4 Å². The number of alkyl halides is 3. The lowest BCUT2D eigenvalue weighted by Crippen LogP contribution is -2.70. The molecule has 1 saturated heterocycles. The second-order valence-electron chi connectivity index (χ2n) is 9.79. The highest BCUT2D eigenvalue weighted by molar-refractivity contribution is 8.01. The number of nitrogens with two attached hydrogens (primary N) is 1. The van der Waals surface area contributed by atoms with E-state index in [2.05, 4.69) is 5.32 Å². The number of halogens is 4. The molecule has 1 aromatic carbocycles. The lowest BCUT2D eigenvalue weighted by Gasteiger charge is -2.49. The highest BCUT2D eigenvalue weighted by Crippen LogP contribution is 2.42. The van der Waals surface area contributed by atoms with Crippen molar-refractivity contribution in [1.82, 2.24) is 10.2 Å². The number of nitrogens with one attached hydrogen (secondary N) is 1. The van der Waals surface area contributed by atoms with E-state index < -0.39 is 53.0 Å². The van der Waals surface area contributed by atoms with Gasteiger partial charge < -0.3 is 21.3 Å². The number of carbonyl (C=O) groups is 4. The number of hydrogen-bond donors (Lipinski definition) is 4. The Morgan fingerprint density at radius 2 is 1.89 bits per heavy atom. The van der Waals surface area contributed by atoms with Gasteiger partial charge in [-0.3, -0.25) is 19.3 Å². The maximum atomic E-state index is 13.0. The molecule has 4 rings (SSSR count). The molecule has 10 nitrogen and oxygen atoms in total. The van der Waals surface area contributed by atoms with Crippen molar-refractivity contribution < 1.29 is 47.1 Å². The average molecular weight is 692 g/mol. The Labute approximate surface area is 267 Å². The van der Waals surface area contributed by atoms with Crippen LogP contribution >= 0.6 is 46.9 Å². The Balaban J connectivity index is 1.32. The van der Waals surface area contributed by atoms with E-state index in [1.54, 1.807) is 0 Å². The number of carboxylic acid groups (broad SMARTS) is 2. The summed E-state index contributed by atoms with van der Waals surface area (Å²) in [5, 5.41) is 20.8. The molecule has 3 heterocycles. The summed E-state index contributed by atoms with van der Waals surface area (Å²) in [4.78, 5) is 50.6. The summed E-state index contributed by atoms with van der Waals surface area (Å²) in [6.07, 6.45) is 0.0272. The SMILES string of the molecule is N[C@@H](CCC[n+]1ccc(SCC2=C(C(=O)O)N3C(=O)[C@H](NC(=O)CSc4cc(C(F)(F)F)ccc4Cl)[C@H]3SC2)cc1)C(=O)O. The molecule has 0 unspecified atom stereocenters. The van der Waals surface area contributed by atoms with Crippen molar-refractivity contribution in [3.63, 3.8) is 0 Å². The predicted octanol–water partition coefficient (Wildman–Crippen LogP) is 3.46. The number of thioether (sulfide) groups is 3. The van der Waals surface area contributed by atoms with E-state index in [1.165, 1.54) is 23.5 Å². The van der Waals surface area contributed by atoms with Crippen LogP contribution in [0.25, 0.3) is 0 Å². The number of fused-ring (bicyclic) bond motifs is 1. The molecule has 3 atom stereocenters. The molecule has 17 heteroatoms. The molecule has 0 bridgehead atoms. The summed E-state index contributed by atoms with van der Waals surface area (Å²) in [5.41, 5.74) is 5.05. The summed E-state index contributed by atoms with van der Waals surface area (Å²) >= 11 is 9.50. The summed E-state index contributed by atoms with van der Waals surface area (Å²) in [6.45, 7) is 0.588. The van der Waals surface area contributed by atoms with Crippen LogP contribution in [0.4, 0.5) is 13.2 Å². The fraction of sp³-hybridized carbons (Fsp3) is 0.370. The van der Waals surface area contributed by atoms with E-state index in [1.807, 2.05) is 29.1 Å². The van der Waals surface area contributed by atoms with Gasteiger partial charge in [-0.25, -0.2) is 9.36 Å². The zero-order valence-corrected chi connectivity index (χ0v) is 26.0. The molecule has 236 valence electrons. The number of nitrogens with zero attached hydrogens (tertiary/aromatic N) is 2. The molecule has 0 saturated carbocycles. The number of aliphatic carboxylic acids is 2. The van der Waals surface area contributed by atoms with Crippen molar-refractivity contribution in [1.29, 1.82) is 0 Å². The smallest absolute Gasteiger partial charge is 0.416 e. The number of amides is 2. The number of aryl methyl sites for hydroxylation is 1. The third-order valence-electron chi connectivity index (χ3n) is 6.71. The molecule has 2 aliphatic heterocycles. The number of hydrogen-bond acceptors (Lipinski definition) is 8. The first kappa shape index (κ1) is 34.0. The van der Waals surface area contributed by atoms with Gasteiger partial charge in [0.05, 0.1) is 16.3 Å². The molecule has 0 spiro atoms. The van der Waals surface area contributed by atoms with Crippen LogP contribution in [0.15, 0.2) is 63.8 Å². The van der Waals surface area contributed by atoms with Gasteiger partial charge in [-0.05, 0) is 30.2 Å². The van der Waals surface area contributed by atoms with Crippen molar-refractivity contribution in [3.05, 3.63) is 64.6 Å². The largest absolute Gasteiger partial charge is 0.480 e. The van der Waals surface area contributed by atoms with E-state index >= 15 is 0 Å². The quantitative estimate of drug-likeness (QED) is 0.140. The Morgan fingerprint density at radius 3 is 2.52 bits per heavy atom. The Hall–Kier alpha value is -2.92. The lowest BCUT2D eigenvalue weighted by atomic mass is 10.0. The number of carboxylic acids is 2. The minimum absolute atomic E-state index is 0.0547. The Morgan fingerprint density at radius 1 is 1.18 bits per heavy atom. The third kappa shape index (κ3) is 8.21. The van der Waals surface area contributed by atoms with Crippen LogP contribution in [0.2, 0.25) is 5.02 Å². The van der Waals surface area contributed by atoms with Crippen molar-refractivity contribution in [2.75, 3.05) is 17.3 Å². The van der Waals surface area contributed by atoms with E-state index in [9.17, 15) is 37.5 Å². The number of rotatable bonds is 13. The predicted molar refractivity (Wildman–Crippen MR) is 159 cm³/mol. The fourth-order valence-corrected chi connectivity index (χ4v) is 7.86. The minimum Gasteiger partial charge on any atom is -0.480 e. The van der Waals surface area contributed by atoms with Gasteiger partial charge in [-0.1, -0.05) is 11.6 Å². The zero-order chi connectivity index (χ0) is 32.2. The van der Waals surface area contributed by atoms with Crippen molar-refractivity contribution in [2.45, 2.75) is 52.8 Å². The fourth-order valence-electron chi connectivity index (χ4n) is 4.42. The normalized spacial score (nSPS) is 18.8. The first-order chi connectivity index (χ1) is 20.8. The number of β-lactam (4-membered cyclic amide) rings is 1. The van der Waals surface area contributed by atoms with Crippen molar-refractivity contribution in [3.8, 4) is 0 Å². The molecular formula is C27H27ClF3N4O6S3+. The average Bonchev–Trinajstić information content (AvgIpc) is 2.97. The van der Waals surface area contributed by atoms with Gasteiger partial charge in [0.2, 0.25) is 5.91 Å². The van der Waals surface area contributed by atoms with Gasteiger partial charge in [0, 0.05) is 39.9 Å². The molecule has 2 aromatic rings. The molecule has 2 amide bonds. The summed E-state index contributed by atoms with van der Waals surface area (Å²) < 4.78 is 41.0. The molecule has 44 heavy (non-hydrogen) atoms. The maximum Gasteiger partial charge on any atom is 0.416 e. The van der Waals surface area contributed by atoms with E-state index in [-0.39, 0.29) is 21.4 Å². The minimum atomic E-state index is -4.57.